The van der Waals surface area contributed by atoms with Crippen LogP contribution in [0.25, 0.3) is 0 Å². The molecular weight excluding hydrogens is 351 g/mol. The van der Waals surface area contributed by atoms with Gasteiger partial charge in [0.05, 0.1) is 11.1 Å². The van der Waals surface area contributed by atoms with E-state index in [0.29, 0.717) is 0 Å². The summed E-state index contributed by atoms with van der Waals surface area (Å²) >= 11 is 0. The molecule has 1 spiro atoms. The van der Waals surface area contributed by atoms with Crippen molar-refractivity contribution in [2.45, 2.75) is 38.9 Å². The van der Waals surface area contributed by atoms with Gasteiger partial charge in [0.1, 0.15) is 0 Å². The molecule has 1 aromatic rings. The van der Waals surface area contributed by atoms with Crippen LogP contribution < -0.4 is 5.32 Å². The summed E-state index contributed by atoms with van der Waals surface area (Å²) in [7, 11) is 0. The molecule has 2 N–H and O–H groups in total. The normalized spacial score (nSPS) is 19.6. The number of piperidine rings is 1. The van der Waals surface area contributed by atoms with Gasteiger partial charge in [0.25, 0.3) is 0 Å². The molecule has 0 bridgehead atoms. The molecule has 26 heavy (non-hydrogen) atoms. The van der Waals surface area contributed by atoms with Gasteiger partial charge in [-0.15, -0.1) is 0 Å². The lowest BCUT2D eigenvalue weighted by atomic mass is 9.77. The molecule has 0 unspecified atom stereocenters. The highest BCUT2D eigenvalue weighted by Crippen LogP contribution is 2.38. The smallest absolute Gasteiger partial charge is 0.475 e. The van der Waals surface area contributed by atoms with E-state index in [1.165, 1.54) is 0 Å². The Kier molecular flexibility index (Phi) is 6.22. The minimum Gasteiger partial charge on any atom is -0.475 e. The highest BCUT2D eigenvalue weighted by atomic mass is 19.4. The Morgan fingerprint density at radius 1 is 1.31 bits per heavy atom. The molecule has 3 heterocycles. The average molecular weight is 373 g/mol. The van der Waals surface area contributed by atoms with E-state index in [1.54, 1.807) is 0 Å². The monoisotopic (exact) mass is 373 g/mol. The number of carbonyl (C=O) groups is 2. The van der Waals surface area contributed by atoms with Crippen LogP contribution in [0.3, 0.4) is 0 Å². The molecule has 2 saturated heterocycles. The maximum Gasteiger partial charge on any atom is 0.490 e. The molecule has 2 aliphatic heterocycles. The minimum absolute atomic E-state index is 0.0590. The van der Waals surface area contributed by atoms with Gasteiger partial charge in [0.2, 0.25) is 5.91 Å². The van der Waals surface area contributed by atoms with Crippen LogP contribution in [0.5, 0.6) is 0 Å². The zero-order valence-corrected chi connectivity index (χ0v) is 14.5. The fraction of sp³-hybridized carbons (Fsp3) is 0.588. The number of pyridine rings is 1. The molecule has 1 amide bonds. The third-order valence-electron chi connectivity index (χ3n) is 4.76. The van der Waals surface area contributed by atoms with Crippen LogP contribution in [-0.4, -0.2) is 52.7 Å². The number of rotatable bonds is 2. The molecule has 0 radical (unpaired) electrons. The Balaban J connectivity index is 0.000000298. The van der Waals surface area contributed by atoms with Crippen molar-refractivity contribution in [1.29, 1.82) is 0 Å². The number of aliphatic carboxylic acids is 1. The maximum absolute atomic E-state index is 11.9. The summed E-state index contributed by atoms with van der Waals surface area (Å²) in [5.74, 6) is -2.48. The average Bonchev–Trinajstić information content (AvgIpc) is 2.90. The van der Waals surface area contributed by atoms with Gasteiger partial charge in [-0.25, -0.2) is 4.79 Å². The van der Waals surface area contributed by atoms with Gasteiger partial charge in [-0.3, -0.25) is 14.7 Å². The second-order valence-corrected chi connectivity index (χ2v) is 6.64. The van der Waals surface area contributed by atoms with Gasteiger partial charge in [0.15, 0.2) is 0 Å². The van der Waals surface area contributed by atoms with Crippen molar-refractivity contribution in [1.82, 2.24) is 15.2 Å². The van der Waals surface area contributed by atoms with E-state index < -0.39 is 12.1 Å². The van der Waals surface area contributed by atoms with Crippen molar-refractivity contribution in [2.24, 2.45) is 5.41 Å². The molecule has 0 aromatic carbocycles. The summed E-state index contributed by atoms with van der Waals surface area (Å²) in [6.45, 7) is 5.79. The number of carbonyl (C=O) groups excluding carboxylic acids is 1. The number of hydrogen-bond donors (Lipinski definition) is 2. The third-order valence-corrected chi connectivity index (χ3v) is 4.76. The second-order valence-electron chi connectivity index (χ2n) is 6.64. The summed E-state index contributed by atoms with van der Waals surface area (Å²) in [5.41, 5.74) is 2.14. The van der Waals surface area contributed by atoms with E-state index in [4.69, 9.17) is 9.90 Å². The SMILES string of the molecule is Cc1cccc(CN2CCC3(CCNC3=O)CC2)n1.O=C(O)C(F)(F)F. The number of carboxylic acid groups (broad SMARTS) is 1. The van der Waals surface area contributed by atoms with Crippen LogP contribution in [0.1, 0.15) is 30.7 Å². The lowest BCUT2D eigenvalue weighted by Gasteiger charge is -2.37. The van der Waals surface area contributed by atoms with E-state index in [-0.39, 0.29) is 11.3 Å². The topological polar surface area (TPSA) is 82.5 Å². The summed E-state index contributed by atoms with van der Waals surface area (Å²) < 4.78 is 31.7. The predicted molar refractivity (Wildman–Crippen MR) is 87.2 cm³/mol. The zero-order valence-electron chi connectivity index (χ0n) is 14.5. The van der Waals surface area contributed by atoms with E-state index in [9.17, 15) is 18.0 Å². The van der Waals surface area contributed by atoms with Crippen molar-refractivity contribution >= 4 is 11.9 Å². The van der Waals surface area contributed by atoms with Crippen LogP contribution in [0.4, 0.5) is 13.2 Å². The number of alkyl halides is 3. The van der Waals surface area contributed by atoms with Crippen LogP contribution in [0, 0.1) is 12.3 Å². The van der Waals surface area contributed by atoms with Crippen LogP contribution in [-0.2, 0) is 16.1 Å². The number of nitrogens with one attached hydrogen (secondary N) is 1. The van der Waals surface area contributed by atoms with Gasteiger partial charge in [-0.05, 0) is 51.4 Å². The number of likely N-dealkylation sites (tertiary alicyclic amines) is 1. The fourth-order valence-corrected chi connectivity index (χ4v) is 3.25. The maximum atomic E-state index is 11.9. The highest BCUT2D eigenvalue weighted by Gasteiger charge is 2.44. The Morgan fingerprint density at radius 3 is 2.38 bits per heavy atom. The van der Waals surface area contributed by atoms with E-state index >= 15 is 0 Å². The van der Waals surface area contributed by atoms with Crippen molar-refractivity contribution in [3.63, 3.8) is 0 Å². The van der Waals surface area contributed by atoms with Gasteiger partial charge in [-0.2, -0.15) is 13.2 Å². The quantitative estimate of drug-likeness (QED) is 0.830. The van der Waals surface area contributed by atoms with Gasteiger partial charge in [0, 0.05) is 18.8 Å². The fourth-order valence-electron chi connectivity index (χ4n) is 3.25. The molecule has 1 aromatic heterocycles. The van der Waals surface area contributed by atoms with Gasteiger partial charge < -0.3 is 10.4 Å². The first-order valence-electron chi connectivity index (χ1n) is 8.36. The third kappa shape index (κ3) is 5.17. The number of halogens is 3. The van der Waals surface area contributed by atoms with Crippen LogP contribution >= 0.6 is 0 Å². The van der Waals surface area contributed by atoms with Crippen LogP contribution in [0.15, 0.2) is 18.2 Å². The Hall–Kier alpha value is -2.16. The van der Waals surface area contributed by atoms with Crippen molar-refractivity contribution in [2.75, 3.05) is 19.6 Å². The lowest BCUT2D eigenvalue weighted by Crippen LogP contribution is -2.43. The van der Waals surface area contributed by atoms with Gasteiger partial charge >= 0.3 is 12.1 Å². The molecule has 0 aliphatic carbocycles. The Bertz CT molecular complexity index is 656. The van der Waals surface area contributed by atoms with Crippen molar-refractivity contribution in [3.05, 3.63) is 29.6 Å². The predicted octanol–water partition coefficient (Wildman–Crippen LogP) is 2.13. The number of aryl methyl sites for hydroxylation is 1. The standard InChI is InChI=1S/C15H21N3O.C2HF3O2/c1-12-3-2-4-13(17-12)11-18-9-6-15(7-10-18)5-8-16-14(15)19;3-2(4,5)1(6)7/h2-4H,5-11H2,1H3,(H,16,19);(H,6,7). The summed E-state index contributed by atoms with van der Waals surface area (Å²) in [6.07, 6.45) is -2.09. The molecular formula is C17H22F3N3O3. The molecule has 0 saturated carbocycles. The summed E-state index contributed by atoms with van der Waals surface area (Å²) in [6, 6.07) is 6.17. The van der Waals surface area contributed by atoms with E-state index in [0.717, 1.165) is 56.8 Å². The first-order chi connectivity index (χ1) is 12.1. The number of hydrogen-bond acceptors (Lipinski definition) is 4. The molecule has 9 heteroatoms. The number of aromatic nitrogens is 1. The molecule has 3 rings (SSSR count). The number of nitrogens with zero attached hydrogens (tertiary/aromatic N) is 2. The summed E-state index contributed by atoms with van der Waals surface area (Å²) in [5, 5.41) is 10.1. The first kappa shape index (κ1) is 20.2. The van der Waals surface area contributed by atoms with Crippen molar-refractivity contribution in [3.8, 4) is 0 Å². The van der Waals surface area contributed by atoms with Crippen molar-refractivity contribution < 1.29 is 27.9 Å². The number of amides is 1. The zero-order chi connectivity index (χ0) is 19.4. The molecule has 2 fully saturated rings. The summed E-state index contributed by atoms with van der Waals surface area (Å²) in [4.78, 5) is 27.8. The molecule has 6 nitrogen and oxygen atoms in total. The van der Waals surface area contributed by atoms with Crippen LogP contribution in [0.2, 0.25) is 0 Å². The van der Waals surface area contributed by atoms with E-state index in [1.807, 2.05) is 13.0 Å². The van der Waals surface area contributed by atoms with E-state index in [2.05, 4.69) is 27.3 Å². The Labute approximate surface area is 149 Å². The largest absolute Gasteiger partial charge is 0.490 e. The number of carboxylic acids is 1. The molecule has 2 aliphatic rings. The first-order valence-corrected chi connectivity index (χ1v) is 8.36. The minimum atomic E-state index is -5.08. The Morgan fingerprint density at radius 2 is 1.92 bits per heavy atom. The lowest BCUT2D eigenvalue weighted by molar-refractivity contribution is -0.192. The highest BCUT2D eigenvalue weighted by molar-refractivity contribution is 5.84. The molecule has 0 atom stereocenters. The van der Waals surface area contributed by atoms with Gasteiger partial charge in [-0.1, -0.05) is 6.07 Å². The second kappa shape index (κ2) is 8.03. The molecule has 144 valence electrons.